The van der Waals surface area contributed by atoms with Gasteiger partial charge in [0.25, 0.3) is 0 Å². The Morgan fingerprint density at radius 1 is 0.316 bits per heavy atom. The molecule has 2 atom stereocenters. The maximum atomic E-state index is 13.0. The van der Waals surface area contributed by atoms with E-state index < -0.39 is 24.3 Å². The van der Waals surface area contributed by atoms with E-state index in [9.17, 15) is 19.5 Å². The smallest absolute Gasteiger partial charge is 0.306 e. The molecule has 9 nitrogen and oxygen atoms in total. The molecule has 0 rings (SSSR count). The van der Waals surface area contributed by atoms with E-state index in [1.54, 1.807) is 0 Å². The van der Waals surface area contributed by atoms with Gasteiger partial charge in [0.05, 0.1) is 40.3 Å². The van der Waals surface area contributed by atoms with Gasteiger partial charge in [-0.05, 0) is 77.0 Å². The number of esters is 2. The minimum atomic E-state index is -1.62. The lowest BCUT2D eigenvalue weighted by molar-refractivity contribution is -0.870. The van der Waals surface area contributed by atoms with E-state index in [2.05, 4.69) is 111 Å². The SMILES string of the molecule is CC/C=C\C/C=C\C/C=C\C/C=C\C/C=C\C/C=C\C/C=C\C/C=C\CCCCCCCCCCCCCCCCCCC(=O)OC(COC(=O)CCCCCCCCCCCCCCCCCCCCCCCCCCCCCCCCCC)COC(OCC[N+](C)(C)C)C(=O)[O-]. The summed E-state index contributed by atoms with van der Waals surface area (Å²) < 4.78 is 22.9. The van der Waals surface area contributed by atoms with Gasteiger partial charge in [-0.15, -0.1) is 0 Å². The molecule has 0 fully saturated rings. The van der Waals surface area contributed by atoms with Crippen molar-refractivity contribution in [2.24, 2.45) is 0 Å². The molecule has 0 heterocycles. The molecule has 0 saturated carbocycles. The van der Waals surface area contributed by atoms with E-state index >= 15 is 0 Å². The van der Waals surface area contributed by atoms with Crippen molar-refractivity contribution in [3.8, 4) is 0 Å². The largest absolute Gasteiger partial charge is 0.545 e. The second kappa shape index (κ2) is 78.9. The Bertz CT molecular complexity index is 1940. The van der Waals surface area contributed by atoms with E-state index in [1.807, 2.05) is 21.1 Å². The molecule has 0 aromatic rings. The third-order valence-electron chi connectivity index (χ3n) is 18.6. The maximum Gasteiger partial charge on any atom is 0.306 e. The normalized spacial score (nSPS) is 13.1. The predicted molar refractivity (Wildman–Crippen MR) is 421 cm³/mol. The van der Waals surface area contributed by atoms with Crippen molar-refractivity contribution in [3.63, 3.8) is 0 Å². The first-order valence-electron chi connectivity index (χ1n) is 41.9. The first kappa shape index (κ1) is 94.2. The number of hydrogen-bond donors (Lipinski definition) is 0. The minimum absolute atomic E-state index is 0.148. The van der Waals surface area contributed by atoms with Gasteiger partial charge in [0.15, 0.2) is 12.4 Å². The molecule has 0 spiro atoms. The molecule has 98 heavy (non-hydrogen) atoms. The van der Waals surface area contributed by atoms with Crippen LogP contribution in [0.5, 0.6) is 0 Å². The molecule has 0 bridgehead atoms. The molecule has 0 aromatic carbocycles. The van der Waals surface area contributed by atoms with Gasteiger partial charge in [0, 0.05) is 12.8 Å². The van der Waals surface area contributed by atoms with Crippen molar-refractivity contribution in [1.29, 1.82) is 0 Å². The average Bonchev–Trinajstić information content (AvgIpc) is 1.40. The topological polar surface area (TPSA) is 111 Å². The number of likely N-dealkylation sites (N-methyl/N-ethyl adjacent to an activating group) is 1. The van der Waals surface area contributed by atoms with Gasteiger partial charge in [0.2, 0.25) is 0 Å². The van der Waals surface area contributed by atoms with Gasteiger partial charge >= 0.3 is 11.9 Å². The number of nitrogens with zero attached hydrogens (tertiary/aromatic N) is 1. The Morgan fingerprint density at radius 2 is 0.582 bits per heavy atom. The van der Waals surface area contributed by atoms with Crippen molar-refractivity contribution in [2.45, 2.75) is 405 Å². The second-order valence-electron chi connectivity index (χ2n) is 29.4. The summed E-state index contributed by atoms with van der Waals surface area (Å²) in [6.45, 7) is 4.70. The molecule has 9 heteroatoms. The Kier molecular flexibility index (Phi) is 75.9. The number of aliphatic carboxylic acids is 1. The Hall–Kier alpha value is -3.79. The molecule has 0 aliphatic heterocycles. The predicted octanol–water partition coefficient (Wildman–Crippen LogP) is 25.8. The fraction of sp³-hybridized carbons (Fsp3) is 0.787. The number of rotatable bonds is 78. The van der Waals surface area contributed by atoms with Crippen LogP contribution in [0.3, 0.4) is 0 Å². The van der Waals surface area contributed by atoms with Crippen LogP contribution in [0.25, 0.3) is 0 Å². The monoisotopic (exact) mass is 1370 g/mol. The molecule has 2 unspecified atom stereocenters. The summed E-state index contributed by atoms with van der Waals surface area (Å²) in [5, 5.41) is 11.9. The Balaban J connectivity index is 3.99. The zero-order chi connectivity index (χ0) is 71.1. The number of carboxylic acid groups (broad SMARTS) is 1. The summed E-state index contributed by atoms with van der Waals surface area (Å²) in [6, 6.07) is 0. The molecule has 0 aliphatic carbocycles. The fourth-order valence-corrected chi connectivity index (χ4v) is 12.3. The van der Waals surface area contributed by atoms with Crippen LogP contribution in [0, 0.1) is 0 Å². The van der Waals surface area contributed by atoms with E-state index in [0.29, 0.717) is 23.9 Å². The van der Waals surface area contributed by atoms with Crippen LogP contribution >= 0.6 is 0 Å². The molecule has 0 radical (unpaired) electrons. The summed E-state index contributed by atoms with van der Waals surface area (Å²) in [6.07, 6.45) is 107. The number of allylic oxidation sites excluding steroid dienone is 16. The van der Waals surface area contributed by atoms with Crippen LogP contribution in [0.2, 0.25) is 0 Å². The van der Waals surface area contributed by atoms with Gasteiger partial charge in [-0.25, -0.2) is 0 Å². The molecule has 0 amide bonds. The van der Waals surface area contributed by atoms with Gasteiger partial charge < -0.3 is 33.3 Å². The van der Waals surface area contributed by atoms with E-state index in [0.717, 1.165) is 83.5 Å². The zero-order valence-corrected chi connectivity index (χ0v) is 65.2. The number of unbranched alkanes of at least 4 members (excludes halogenated alkanes) is 47. The molecule has 0 N–H and O–H groups in total. The molecule has 0 aliphatic rings. The maximum absolute atomic E-state index is 13.0. The van der Waals surface area contributed by atoms with Crippen molar-refractivity contribution >= 4 is 17.9 Å². The summed E-state index contributed by atoms with van der Waals surface area (Å²) >= 11 is 0. The van der Waals surface area contributed by atoms with Crippen molar-refractivity contribution < 1.29 is 42.9 Å². The van der Waals surface area contributed by atoms with Crippen LogP contribution in [-0.2, 0) is 33.3 Å². The number of quaternary nitrogens is 1. The molecule has 568 valence electrons. The van der Waals surface area contributed by atoms with Gasteiger partial charge in [-0.3, -0.25) is 9.59 Å². The number of carbonyl (C=O) groups is 3. The quantitative estimate of drug-likeness (QED) is 0.0195. The van der Waals surface area contributed by atoms with E-state index in [4.69, 9.17) is 18.9 Å². The summed E-state index contributed by atoms with van der Waals surface area (Å²) in [4.78, 5) is 37.6. The van der Waals surface area contributed by atoms with Crippen LogP contribution in [-0.4, -0.2) is 82.3 Å². The number of carbonyl (C=O) groups excluding carboxylic acids is 3. The first-order chi connectivity index (χ1) is 48.1. The standard InChI is InChI=1S/C89H159NO8/c1-6-8-10-12-14-16-18-20-22-24-26-28-30-32-34-36-38-40-41-42-43-44-45-46-47-48-50-52-54-56-58-60-62-64-66-68-70-72-74-76-78-80-87(92)98-85(84-97-89(88(93)94)95-82-81-90(3,4)5)83-96-86(91)79-77-75-73-71-69-67-65-63-61-59-57-55-53-51-49-39-37-35-33-31-29-27-25-23-21-19-17-15-13-11-9-7-2/h8,10,14,16,20,22,26,28,32,34,38,40,42-43,45-46,85,89H,6-7,9,11-13,15,17-19,21,23-25,27,29-31,33,35-37,39,41,44,47-84H2,1-5H3/b10-8-,16-14-,22-20-,28-26-,34-32-,40-38-,43-42-,46-45-. The van der Waals surface area contributed by atoms with Gasteiger partial charge in [-0.2, -0.15) is 0 Å². The summed E-state index contributed by atoms with van der Waals surface area (Å²) in [7, 11) is 5.95. The highest BCUT2D eigenvalue weighted by Crippen LogP contribution is 2.20. The highest BCUT2D eigenvalue weighted by molar-refractivity contribution is 5.70. The van der Waals surface area contributed by atoms with E-state index in [-0.39, 0.29) is 32.2 Å². The lowest BCUT2D eigenvalue weighted by Gasteiger charge is -2.26. The summed E-state index contributed by atoms with van der Waals surface area (Å²) in [5.41, 5.74) is 0. The number of ether oxygens (including phenoxy) is 4. The molecule has 0 aromatic heterocycles. The lowest BCUT2D eigenvalue weighted by atomic mass is 10.0. The zero-order valence-electron chi connectivity index (χ0n) is 65.2. The highest BCUT2D eigenvalue weighted by Gasteiger charge is 2.22. The van der Waals surface area contributed by atoms with Crippen molar-refractivity contribution in [2.75, 3.05) is 47.5 Å². The first-order valence-corrected chi connectivity index (χ1v) is 41.9. The Labute approximate surface area is 607 Å². The average molecular weight is 1370 g/mol. The number of hydrogen-bond acceptors (Lipinski definition) is 8. The Morgan fingerprint density at radius 3 is 0.867 bits per heavy atom. The fourth-order valence-electron chi connectivity index (χ4n) is 12.3. The van der Waals surface area contributed by atoms with Gasteiger partial charge in [0.1, 0.15) is 13.2 Å². The summed E-state index contributed by atoms with van der Waals surface area (Å²) in [5.74, 6) is -2.26. The highest BCUT2D eigenvalue weighted by atomic mass is 16.7. The van der Waals surface area contributed by atoms with E-state index in [1.165, 1.54) is 276 Å². The molecular weight excluding hydrogens is 1210 g/mol. The van der Waals surface area contributed by atoms with Crippen molar-refractivity contribution in [3.05, 3.63) is 97.2 Å². The van der Waals surface area contributed by atoms with Crippen LogP contribution in [0.1, 0.15) is 393 Å². The molecule has 0 saturated heterocycles. The van der Waals surface area contributed by atoms with Crippen LogP contribution < -0.4 is 5.11 Å². The van der Waals surface area contributed by atoms with Crippen LogP contribution in [0.4, 0.5) is 0 Å². The number of carboxylic acids is 1. The van der Waals surface area contributed by atoms with Crippen LogP contribution in [0.15, 0.2) is 97.2 Å². The third-order valence-corrected chi connectivity index (χ3v) is 18.6. The van der Waals surface area contributed by atoms with Crippen molar-refractivity contribution in [1.82, 2.24) is 0 Å². The second-order valence-corrected chi connectivity index (χ2v) is 29.4. The lowest BCUT2D eigenvalue weighted by Crippen LogP contribution is -2.44. The molecular formula is C89H159NO8. The third kappa shape index (κ3) is 79.5. The van der Waals surface area contributed by atoms with Gasteiger partial charge in [-0.1, -0.05) is 400 Å². The minimum Gasteiger partial charge on any atom is -0.545 e.